The molecule has 1 saturated heterocycles. The Morgan fingerprint density at radius 2 is 1.83 bits per heavy atom. The summed E-state index contributed by atoms with van der Waals surface area (Å²) in [5.74, 6) is 1.15. The molecule has 7 heteroatoms. The van der Waals surface area contributed by atoms with Crippen LogP contribution in [-0.2, 0) is 9.59 Å². The van der Waals surface area contributed by atoms with Crippen molar-refractivity contribution in [1.29, 1.82) is 0 Å². The number of methoxy groups -OCH3 is 3. The van der Waals surface area contributed by atoms with E-state index in [-0.39, 0.29) is 18.4 Å². The van der Waals surface area contributed by atoms with Gasteiger partial charge in [-0.3, -0.25) is 9.59 Å². The van der Waals surface area contributed by atoms with Crippen LogP contribution in [0.15, 0.2) is 18.2 Å². The first-order chi connectivity index (χ1) is 11.1. The van der Waals surface area contributed by atoms with E-state index in [1.165, 1.54) is 32.3 Å². The van der Waals surface area contributed by atoms with E-state index in [0.717, 1.165) is 5.56 Å². The molecule has 0 saturated carbocycles. The smallest absolute Gasteiger partial charge is 0.247 e. The first-order valence-electron chi connectivity index (χ1n) is 7.12. The second-order valence-corrected chi connectivity index (χ2v) is 4.90. The number of carbonyl (C=O) groups excluding carboxylic acids is 2. The molecule has 0 aliphatic carbocycles. The highest BCUT2D eigenvalue weighted by Gasteiger charge is 2.19. The molecule has 1 fully saturated rings. The average molecular weight is 320 g/mol. The van der Waals surface area contributed by atoms with Crippen LogP contribution in [0.2, 0.25) is 0 Å². The van der Waals surface area contributed by atoms with Crippen LogP contribution in [0.4, 0.5) is 0 Å². The Kier molecular flexibility index (Phi) is 5.46. The average Bonchev–Trinajstić information content (AvgIpc) is 2.58. The molecule has 1 aromatic rings. The fourth-order valence-electron chi connectivity index (χ4n) is 2.30. The lowest BCUT2D eigenvalue weighted by Gasteiger charge is -2.25. The highest BCUT2D eigenvalue weighted by Crippen LogP contribution is 2.38. The van der Waals surface area contributed by atoms with E-state index in [1.807, 2.05) is 0 Å². The third-order valence-corrected chi connectivity index (χ3v) is 3.46. The molecule has 2 rings (SSSR count). The van der Waals surface area contributed by atoms with E-state index < -0.39 is 0 Å². The number of benzene rings is 1. The van der Waals surface area contributed by atoms with Crippen LogP contribution in [0.1, 0.15) is 5.56 Å². The summed E-state index contributed by atoms with van der Waals surface area (Å²) in [7, 11) is 4.59. The predicted molar refractivity (Wildman–Crippen MR) is 84.7 cm³/mol. The zero-order valence-corrected chi connectivity index (χ0v) is 13.4. The summed E-state index contributed by atoms with van der Waals surface area (Å²) in [5.41, 5.74) is 0.731. The number of hydrogen-bond acceptors (Lipinski definition) is 5. The highest BCUT2D eigenvalue weighted by molar-refractivity contribution is 5.95. The van der Waals surface area contributed by atoms with E-state index in [4.69, 9.17) is 14.2 Å². The summed E-state index contributed by atoms with van der Waals surface area (Å²) in [6, 6.07) is 3.49. The van der Waals surface area contributed by atoms with E-state index in [0.29, 0.717) is 30.3 Å². The van der Waals surface area contributed by atoms with E-state index in [2.05, 4.69) is 5.32 Å². The van der Waals surface area contributed by atoms with Gasteiger partial charge in [0.1, 0.15) is 0 Å². The number of piperazine rings is 1. The summed E-state index contributed by atoms with van der Waals surface area (Å²) in [6.07, 6.45) is 3.08. The van der Waals surface area contributed by atoms with Gasteiger partial charge in [0, 0.05) is 19.2 Å². The third kappa shape index (κ3) is 3.94. The van der Waals surface area contributed by atoms with Crippen LogP contribution in [0.3, 0.4) is 0 Å². The lowest BCUT2D eigenvalue weighted by atomic mass is 10.1. The van der Waals surface area contributed by atoms with Crippen molar-refractivity contribution in [2.24, 2.45) is 0 Å². The Balaban J connectivity index is 2.18. The van der Waals surface area contributed by atoms with Gasteiger partial charge in [-0.1, -0.05) is 0 Å². The van der Waals surface area contributed by atoms with Crippen LogP contribution in [0.5, 0.6) is 17.2 Å². The monoisotopic (exact) mass is 320 g/mol. The molecule has 0 atom stereocenters. The van der Waals surface area contributed by atoms with Gasteiger partial charge in [-0.05, 0) is 23.8 Å². The van der Waals surface area contributed by atoms with Crippen molar-refractivity contribution in [3.63, 3.8) is 0 Å². The maximum Gasteiger partial charge on any atom is 0.247 e. The first-order valence-corrected chi connectivity index (χ1v) is 7.12. The molecule has 1 N–H and O–H groups in total. The molecule has 2 amide bonds. The largest absolute Gasteiger partial charge is 0.493 e. The Hall–Kier alpha value is -2.70. The maximum absolute atomic E-state index is 12.1. The van der Waals surface area contributed by atoms with Gasteiger partial charge in [-0.15, -0.1) is 0 Å². The van der Waals surface area contributed by atoms with Crippen LogP contribution in [0, 0.1) is 0 Å². The van der Waals surface area contributed by atoms with Crippen molar-refractivity contribution < 1.29 is 23.8 Å². The van der Waals surface area contributed by atoms with Crippen molar-refractivity contribution >= 4 is 17.9 Å². The molecule has 1 aromatic carbocycles. The topological polar surface area (TPSA) is 77.1 Å². The molecule has 0 radical (unpaired) electrons. The molecule has 1 aliphatic rings. The lowest BCUT2D eigenvalue weighted by Crippen LogP contribution is -2.49. The third-order valence-electron chi connectivity index (χ3n) is 3.46. The molecule has 0 bridgehead atoms. The standard InChI is InChI=1S/C16H20N2O5/c1-21-12-8-11(9-13(22-2)16(12)23-3)4-5-15(20)18-7-6-17-14(19)10-18/h4-5,8-9H,6-7,10H2,1-3H3,(H,17,19)/b5-4+. The van der Waals surface area contributed by atoms with Crippen LogP contribution < -0.4 is 19.5 Å². The van der Waals surface area contributed by atoms with Gasteiger partial charge >= 0.3 is 0 Å². The first kappa shape index (κ1) is 16.7. The molecular formula is C16H20N2O5. The quantitative estimate of drug-likeness (QED) is 0.808. The van der Waals surface area contributed by atoms with Crippen molar-refractivity contribution in [1.82, 2.24) is 10.2 Å². The minimum Gasteiger partial charge on any atom is -0.493 e. The zero-order valence-electron chi connectivity index (χ0n) is 13.4. The van der Waals surface area contributed by atoms with Gasteiger partial charge in [-0.2, -0.15) is 0 Å². The Morgan fingerprint density at radius 3 is 2.35 bits per heavy atom. The van der Waals surface area contributed by atoms with Gasteiger partial charge in [-0.25, -0.2) is 0 Å². The van der Waals surface area contributed by atoms with Crippen LogP contribution >= 0.6 is 0 Å². The highest BCUT2D eigenvalue weighted by atomic mass is 16.5. The second kappa shape index (κ2) is 7.53. The molecule has 0 aromatic heterocycles. The number of ether oxygens (including phenoxy) is 3. The summed E-state index contributed by atoms with van der Waals surface area (Å²) in [5, 5.41) is 2.68. The van der Waals surface area contributed by atoms with Crippen LogP contribution in [-0.4, -0.2) is 57.7 Å². The number of rotatable bonds is 5. The summed E-state index contributed by atoms with van der Waals surface area (Å²) < 4.78 is 15.8. The van der Waals surface area contributed by atoms with E-state index >= 15 is 0 Å². The van der Waals surface area contributed by atoms with Gasteiger partial charge in [0.25, 0.3) is 0 Å². The molecule has 7 nitrogen and oxygen atoms in total. The Labute approximate surface area is 134 Å². The number of amides is 2. The molecule has 124 valence electrons. The normalized spacial score (nSPS) is 14.6. The van der Waals surface area contributed by atoms with Crippen LogP contribution in [0.25, 0.3) is 6.08 Å². The molecule has 23 heavy (non-hydrogen) atoms. The lowest BCUT2D eigenvalue weighted by molar-refractivity contribution is -0.134. The fourth-order valence-corrected chi connectivity index (χ4v) is 2.30. The van der Waals surface area contributed by atoms with Crippen molar-refractivity contribution in [2.45, 2.75) is 0 Å². The van der Waals surface area contributed by atoms with E-state index in [9.17, 15) is 9.59 Å². The van der Waals surface area contributed by atoms with Gasteiger partial charge in [0.05, 0.1) is 27.9 Å². The van der Waals surface area contributed by atoms with Gasteiger partial charge < -0.3 is 24.4 Å². The molecular weight excluding hydrogens is 300 g/mol. The Bertz CT molecular complexity index is 602. The second-order valence-electron chi connectivity index (χ2n) is 4.90. The number of nitrogens with zero attached hydrogens (tertiary/aromatic N) is 1. The minimum absolute atomic E-state index is 0.0818. The molecule has 0 unspecified atom stereocenters. The molecule has 1 aliphatic heterocycles. The summed E-state index contributed by atoms with van der Waals surface area (Å²) in [6.45, 7) is 1.06. The molecule has 0 spiro atoms. The van der Waals surface area contributed by atoms with Gasteiger partial charge in [0.2, 0.25) is 17.6 Å². The number of carbonyl (C=O) groups is 2. The van der Waals surface area contributed by atoms with Crippen molar-refractivity contribution in [3.8, 4) is 17.2 Å². The predicted octanol–water partition coefficient (Wildman–Crippen LogP) is 0.684. The Morgan fingerprint density at radius 1 is 1.17 bits per heavy atom. The number of nitrogens with one attached hydrogen (secondary N) is 1. The van der Waals surface area contributed by atoms with Crippen molar-refractivity contribution in [3.05, 3.63) is 23.8 Å². The van der Waals surface area contributed by atoms with E-state index in [1.54, 1.807) is 18.2 Å². The zero-order chi connectivity index (χ0) is 16.8. The van der Waals surface area contributed by atoms with Crippen molar-refractivity contribution in [2.75, 3.05) is 41.0 Å². The van der Waals surface area contributed by atoms with Gasteiger partial charge in [0.15, 0.2) is 11.5 Å². The summed E-state index contributed by atoms with van der Waals surface area (Å²) >= 11 is 0. The fraction of sp³-hybridized carbons (Fsp3) is 0.375. The number of hydrogen-bond donors (Lipinski definition) is 1. The summed E-state index contributed by atoms with van der Waals surface area (Å²) in [4.78, 5) is 24.9. The SMILES string of the molecule is COc1cc(/C=C/C(=O)N2CCNC(=O)C2)cc(OC)c1OC. The minimum atomic E-state index is -0.214. The molecule has 1 heterocycles. The maximum atomic E-state index is 12.1.